The van der Waals surface area contributed by atoms with E-state index in [0.717, 1.165) is 5.70 Å². The van der Waals surface area contributed by atoms with E-state index in [1.54, 1.807) is 32.9 Å². The standard InChI is InChI=1S/C21H27N2O5P/c1-7-15(4)27-29(26,28-16(5)8-2)21-17(6)22-14(3)12-20(21)18-10-9-11-19(13-18)23(24)25/h7-13,15-16,20,22H,1-2H2,3-6H3. The van der Waals surface area contributed by atoms with Crippen LogP contribution in [0.2, 0.25) is 0 Å². The van der Waals surface area contributed by atoms with Crippen LogP contribution in [-0.2, 0) is 13.6 Å². The molecule has 0 amide bonds. The van der Waals surface area contributed by atoms with E-state index in [9.17, 15) is 14.7 Å². The summed E-state index contributed by atoms with van der Waals surface area (Å²) in [6.45, 7) is 14.5. The predicted molar refractivity (Wildman–Crippen MR) is 115 cm³/mol. The monoisotopic (exact) mass is 418 g/mol. The summed E-state index contributed by atoms with van der Waals surface area (Å²) in [5, 5.41) is 14.8. The van der Waals surface area contributed by atoms with Crippen molar-refractivity contribution in [1.82, 2.24) is 5.32 Å². The maximum Gasteiger partial charge on any atom is 0.361 e. The minimum atomic E-state index is -3.82. The molecule has 0 fully saturated rings. The summed E-state index contributed by atoms with van der Waals surface area (Å²) in [6, 6.07) is 6.27. The lowest BCUT2D eigenvalue weighted by atomic mass is 9.94. The van der Waals surface area contributed by atoms with E-state index in [2.05, 4.69) is 18.5 Å². The van der Waals surface area contributed by atoms with Crippen LogP contribution in [0.3, 0.4) is 0 Å². The molecular formula is C21H27N2O5P. The lowest BCUT2D eigenvalue weighted by molar-refractivity contribution is -0.384. The highest BCUT2D eigenvalue weighted by Gasteiger charge is 2.41. The average molecular weight is 418 g/mol. The second-order valence-corrected chi connectivity index (χ2v) is 8.80. The first-order valence-corrected chi connectivity index (χ1v) is 10.8. The normalized spacial score (nSPS) is 20.7. The first kappa shape index (κ1) is 22.8. The Morgan fingerprint density at radius 1 is 1.21 bits per heavy atom. The van der Waals surface area contributed by atoms with E-state index in [1.807, 2.05) is 13.0 Å². The lowest BCUT2D eigenvalue weighted by Gasteiger charge is -2.33. The zero-order chi connectivity index (χ0) is 21.8. The average Bonchev–Trinajstić information content (AvgIpc) is 2.66. The molecule has 1 heterocycles. The molecule has 0 saturated carbocycles. The topological polar surface area (TPSA) is 90.7 Å². The van der Waals surface area contributed by atoms with Gasteiger partial charge in [0.1, 0.15) is 0 Å². The number of nitro benzene ring substituents is 1. The van der Waals surface area contributed by atoms with Crippen molar-refractivity contribution in [2.45, 2.75) is 45.8 Å². The number of hydrogen-bond acceptors (Lipinski definition) is 6. The number of nitrogens with one attached hydrogen (secondary N) is 1. The fourth-order valence-corrected chi connectivity index (χ4v) is 5.44. The van der Waals surface area contributed by atoms with Gasteiger partial charge in [-0.05, 0) is 33.3 Å². The Morgan fingerprint density at radius 2 is 1.79 bits per heavy atom. The van der Waals surface area contributed by atoms with Gasteiger partial charge in [0, 0.05) is 29.4 Å². The summed E-state index contributed by atoms with van der Waals surface area (Å²) < 4.78 is 25.7. The van der Waals surface area contributed by atoms with Gasteiger partial charge in [-0.1, -0.05) is 30.4 Å². The van der Waals surface area contributed by atoms with Gasteiger partial charge in [0.15, 0.2) is 0 Å². The van der Waals surface area contributed by atoms with Crippen molar-refractivity contribution in [1.29, 1.82) is 0 Å². The Hall–Kier alpha value is -2.47. The van der Waals surface area contributed by atoms with Gasteiger partial charge in [-0.15, -0.1) is 13.2 Å². The lowest BCUT2D eigenvalue weighted by Crippen LogP contribution is -2.23. The Morgan fingerprint density at radius 3 is 2.31 bits per heavy atom. The summed E-state index contributed by atoms with van der Waals surface area (Å²) >= 11 is 0. The molecule has 0 radical (unpaired) electrons. The van der Waals surface area contributed by atoms with E-state index in [1.165, 1.54) is 24.3 Å². The fourth-order valence-electron chi connectivity index (χ4n) is 3.09. The van der Waals surface area contributed by atoms with Crippen molar-refractivity contribution in [3.05, 3.63) is 88.0 Å². The summed E-state index contributed by atoms with van der Waals surface area (Å²) in [6.07, 6.45) is 3.86. The van der Waals surface area contributed by atoms with Crippen LogP contribution in [0.15, 0.2) is 72.4 Å². The van der Waals surface area contributed by atoms with E-state index in [0.29, 0.717) is 16.6 Å². The molecule has 3 atom stereocenters. The van der Waals surface area contributed by atoms with Gasteiger partial charge in [-0.25, -0.2) is 0 Å². The van der Waals surface area contributed by atoms with Crippen molar-refractivity contribution in [3.63, 3.8) is 0 Å². The molecular weight excluding hydrogens is 391 g/mol. The van der Waals surface area contributed by atoms with E-state index in [-0.39, 0.29) is 5.69 Å². The first-order chi connectivity index (χ1) is 13.6. The molecule has 0 saturated heterocycles. The number of non-ortho nitro benzene ring substituents is 1. The maximum absolute atomic E-state index is 14.0. The number of nitro groups is 1. The summed E-state index contributed by atoms with van der Waals surface area (Å²) in [7, 11) is -3.82. The van der Waals surface area contributed by atoms with Gasteiger partial charge in [0.25, 0.3) is 5.69 Å². The Kier molecular flexibility index (Phi) is 7.36. The summed E-state index contributed by atoms with van der Waals surface area (Å²) in [5.74, 6) is -0.518. The molecule has 2 rings (SSSR count). The molecule has 29 heavy (non-hydrogen) atoms. The van der Waals surface area contributed by atoms with Gasteiger partial charge in [-0.2, -0.15) is 0 Å². The van der Waals surface area contributed by atoms with Crippen molar-refractivity contribution >= 4 is 13.3 Å². The van der Waals surface area contributed by atoms with Crippen molar-refractivity contribution in [2.75, 3.05) is 0 Å². The molecule has 7 nitrogen and oxygen atoms in total. The molecule has 0 bridgehead atoms. The van der Waals surface area contributed by atoms with Gasteiger partial charge in [0.2, 0.25) is 0 Å². The SMILES string of the molecule is C=CC(C)OP(=O)(OC(C)C=C)C1=C(C)NC(C)=CC1c1cccc([N+](=O)[O-])c1. The molecule has 1 N–H and O–H groups in total. The van der Waals surface area contributed by atoms with Crippen LogP contribution in [0.1, 0.15) is 39.2 Å². The quantitative estimate of drug-likeness (QED) is 0.236. The van der Waals surface area contributed by atoms with Crippen LogP contribution in [-0.4, -0.2) is 17.1 Å². The van der Waals surface area contributed by atoms with Crippen molar-refractivity contribution in [2.24, 2.45) is 0 Å². The number of allylic oxidation sites excluding steroid dienone is 4. The number of hydrogen-bond donors (Lipinski definition) is 1. The Bertz CT molecular complexity index is 901. The third kappa shape index (κ3) is 5.32. The number of rotatable bonds is 9. The summed E-state index contributed by atoms with van der Waals surface area (Å²) in [5.41, 5.74) is 2.04. The number of dihydropyridines is 1. The minimum Gasteiger partial charge on any atom is -0.362 e. The molecule has 156 valence electrons. The minimum absolute atomic E-state index is 0.0420. The second-order valence-electron chi connectivity index (χ2n) is 6.90. The largest absolute Gasteiger partial charge is 0.362 e. The molecule has 0 aliphatic carbocycles. The molecule has 1 aliphatic rings. The molecule has 3 unspecified atom stereocenters. The van der Waals surface area contributed by atoms with Gasteiger partial charge in [0.05, 0.1) is 22.4 Å². The van der Waals surface area contributed by atoms with Crippen LogP contribution in [0.5, 0.6) is 0 Å². The molecule has 1 aliphatic heterocycles. The van der Waals surface area contributed by atoms with Crippen LogP contribution in [0.25, 0.3) is 0 Å². The van der Waals surface area contributed by atoms with E-state index in [4.69, 9.17) is 9.05 Å². The molecule has 1 aromatic carbocycles. The summed E-state index contributed by atoms with van der Waals surface area (Å²) in [4.78, 5) is 10.8. The number of benzene rings is 1. The smallest absolute Gasteiger partial charge is 0.361 e. The van der Waals surface area contributed by atoms with Crippen molar-refractivity contribution < 1.29 is 18.5 Å². The third-order valence-electron chi connectivity index (χ3n) is 4.49. The Labute approximate surface area is 171 Å². The first-order valence-electron chi connectivity index (χ1n) is 9.24. The third-order valence-corrected chi connectivity index (χ3v) is 6.91. The van der Waals surface area contributed by atoms with Crippen LogP contribution >= 0.6 is 7.60 Å². The Balaban J connectivity index is 2.64. The van der Waals surface area contributed by atoms with Crippen LogP contribution in [0, 0.1) is 10.1 Å². The number of nitrogens with zero attached hydrogens (tertiary/aromatic N) is 1. The molecule has 1 aromatic rings. The van der Waals surface area contributed by atoms with Gasteiger partial charge < -0.3 is 5.32 Å². The molecule has 0 spiro atoms. The van der Waals surface area contributed by atoms with E-state index < -0.39 is 30.6 Å². The van der Waals surface area contributed by atoms with Crippen LogP contribution in [0.4, 0.5) is 5.69 Å². The highest BCUT2D eigenvalue weighted by Crippen LogP contribution is 2.64. The highest BCUT2D eigenvalue weighted by atomic mass is 31.2. The van der Waals surface area contributed by atoms with Crippen LogP contribution < -0.4 is 5.32 Å². The van der Waals surface area contributed by atoms with Gasteiger partial charge in [-0.3, -0.25) is 23.7 Å². The highest BCUT2D eigenvalue weighted by molar-refractivity contribution is 7.58. The zero-order valence-corrected chi connectivity index (χ0v) is 18.0. The van der Waals surface area contributed by atoms with Gasteiger partial charge >= 0.3 is 7.60 Å². The maximum atomic E-state index is 14.0. The zero-order valence-electron chi connectivity index (χ0n) is 17.1. The fraction of sp³-hybridized carbons (Fsp3) is 0.333. The predicted octanol–water partition coefficient (Wildman–Crippen LogP) is 5.79. The van der Waals surface area contributed by atoms with E-state index >= 15 is 0 Å². The van der Waals surface area contributed by atoms with Crippen molar-refractivity contribution in [3.8, 4) is 0 Å². The second kappa shape index (κ2) is 9.35. The molecule has 8 heteroatoms. The molecule has 0 aromatic heterocycles.